The van der Waals surface area contributed by atoms with E-state index in [2.05, 4.69) is 0 Å². The number of esters is 2. The van der Waals surface area contributed by atoms with Crippen LogP contribution in [-0.4, -0.2) is 45.7 Å². The Morgan fingerprint density at radius 1 is 1.24 bits per heavy atom. The lowest BCUT2D eigenvalue weighted by Crippen LogP contribution is -2.45. The number of nitrogens with zero attached hydrogens (tertiary/aromatic N) is 2. The normalized spacial score (nSPS) is 26.5. The van der Waals surface area contributed by atoms with Gasteiger partial charge >= 0.3 is 17.6 Å². The zero-order chi connectivity index (χ0) is 21.3. The molecule has 2 heterocycles. The van der Waals surface area contributed by atoms with E-state index in [0.29, 0.717) is 17.2 Å². The molecule has 1 aliphatic heterocycles. The molecule has 1 saturated heterocycles. The van der Waals surface area contributed by atoms with Crippen molar-refractivity contribution in [3.8, 4) is 0 Å². The number of hydrogen-bond donors (Lipinski definition) is 0. The van der Waals surface area contributed by atoms with Gasteiger partial charge in [0.15, 0.2) is 5.78 Å². The van der Waals surface area contributed by atoms with Crippen LogP contribution in [0.1, 0.15) is 51.8 Å². The summed E-state index contributed by atoms with van der Waals surface area (Å²) in [7, 11) is 0. The van der Waals surface area contributed by atoms with Crippen LogP contribution in [-0.2, 0) is 28.6 Å². The molecular weight excluding hydrogens is 391 g/mol. The predicted octanol–water partition coefficient (Wildman–Crippen LogP) is 0.225. The van der Waals surface area contributed by atoms with E-state index in [-0.39, 0.29) is 31.7 Å². The summed E-state index contributed by atoms with van der Waals surface area (Å²) in [5, 5.41) is 0. The minimum atomic E-state index is -1.21. The summed E-state index contributed by atoms with van der Waals surface area (Å²) in [5.74, 6) is -2.69. The van der Waals surface area contributed by atoms with Gasteiger partial charge in [-0.25, -0.2) is 9.36 Å². The third-order valence-electron chi connectivity index (χ3n) is 4.95. The first-order valence-corrected chi connectivity index (χ1v) is 9.21. The molecule has 158 valence electrons. The van der Waals surface area contributed by atoms with Crippen molar-refractivity contribution in [2.75, 3.05) is 6.61 Å². The highest BCUT2D eigenvalue weighted by atomic mass is 19.1. The molecule has 1 aromatic heterocycles. The molecule has 1 unspecified atom stereocenters. The number of Topliss-reactive ketones (excluding diaryl/α,β-unsaturated/α-hetero) is 1. The number of halogens is 1. The zero-order valence-corrected chi connectivity index (χ0v) is 16.0. The summed E-state index contributed by atoms with van der Waals surface area (Å²) in [4.78, 5) is 59.6. The largest absolute Gasteiger partial charge is 0.463 e. The van der Waals surface area contributed by atoms with E-state index in [9.17, 15) is 28.4 Å². The van der Waals surface area contributed by atoms with Crippen LogP contribution in [0.4, 0.5) is 4.39 Å². The predicted molar refractivity (Wildman–Crippen MR) is 93.5 cm³/mol. The van der Waals surface area contributed by atoms with E-state index in [1.807, 2.05) is 0 Å². The maximum Gasteiger partial charge on any atom is 0.333 e. The smallest absolute Gasteiger partial charge is 0.333 e. The van der Waals surface area contributed by atoms with Crippen LogP contribution in [0.2, 0.25) is 0 Å². The van der Waals surface area contributed by atoms with Gasteiger partial charge in [0, 0.05) is 26.7 Å². The van der Waals surface area contributed by atoms with Gasteiger partial charge in [0.1, 0.15) is 31.1 Å². The fraction of sp³-hybridized carbons (Fsp3) is 0.611. The molecular formula is C18H21FN2O8. The number of ketones is 1. The van der Waals surface area contributed by atoms with Gasteiger partial charge in [0.05, 0.1) is 6.20 Å². The molecule has 4 atom stereocenters. The molecule has 1 saturated carbocycles. The van der Waals surface area contributed by atoms with Crippen molar-refractivity contribution in [1.29, 1.82) is 0 Å². The van der Waals surface area contributed by atoms with Crippen molar-refractivity contribution in [3.63, 3.8) is 0 Å². The lowest BCUT2D eigenvalue weighted by atomic mass is 10.2. The Hall–Kier alpha value is -2.82. The average Bonchev–Trinajstić information content (AvgIpc) is 3.22. The van der Waals surface area contributed by atoms with E-state index in [1.54, 1.807) is 0 Å². The standard InChI is InChI=1S/C18H21FN2O8/c1-9(22)27-8-15-14(28-10(2)23)6-16(29-15)20-7-11(19)17(25)21(18(20)26)12-4-3-5-13(12)24/h7,12,14-16H,3-6,8H2,1-2H3/t12?,14-,15+,16+/m0/s1. The van der Waals surface area contributed by atoms with E-state index in [1.165, 1.54) is 13.8 Å². The van der Waals surface area contributed by atoms with Crippen LogP contribution >= 0.6 is 0 Å². The Labute approximate surface area is 164 Å². The van der Waals surface area contributed by atoms with Crippen LogP contribution in [0.5, 0.6) is 0 Å². The lowest BCUT2D eigenvalue weighted by Gasteiger charge is -2.19. The Morgan fingerprint density at radius 2 is 1.97 bits per heavy atom. The highest BCUT2D eigenvalue weighted by Gasteiger charge is 2.41. The Bertz CT molecular complexity index is 952. The Balaban J connectivity index is 1.95. The fourth-order valence-electron chi connectivity index (χ4n) is 3.67. The molecule has 0 spiro atoms. The molecule has 0 aromatic carbocycles. The first kappa shape index (κ1) is 20.9. The van der Waals surface area contributed by atoms with E-state index in [0.717, 1.165) is 4.57 Å². The van der Waals surface area contributed by atoms with Crippen molar-refractivity contribution < 1.29 is 33.0 Å². The van der Waals surface area contributed by atoms with Crippen molar-refractivity contribution in [1.82, 2.24) is 9.13 Å². The molecule has 1 aromatic rings. The summed E-state index contributed by atoms with van der Waals surface area (Å²) in [6.07, 6.45) is -1.13. The van der Waals surface area contributed by atoms with Crippen LogP contribution < -0.4 is 11.2 Å². The molecule has 0 amide bonds. The Kier molecular flexibility index (Phi) is 5.96. The van der Waals surface area contributed by atoms with Gasteiger partial charge in [-0.15, -0.1) is 0 Å². The third kappa shape index (κ3) is 4.29. The Morgan fingerprint density at radius 3 is 2.55 bits per heavy atom. The molecule has 11 heteroatoms. The molecule has 2 aliphatic rings. The van der Waals surface area contributed by atoms with E-state index >= 15 is 0 Å². The first-order chi connectivity index (χ1) is 13.7. The third-order valence-corrected chi connectivity index (χ3v) is 4.95. The van der Waals surface area contributed by atoms with Crippen molar-refractivity contribution >= 4 is 17.7 Å². The average molecular weight is 412 g/mol. The molecule has 2 fully saturated rings. The van der Waals surface area contributed by atoms with Crippen LogP contribution in [0.15, 0.2) is 15.8 Å². The fourth-order valence-corrected chi connectivity index (χ4v) is 3.67. The van der Waals surface area contributed by atoms with Crippen LogP contribution in [0.3, 0.4) is 0 Å². The van der Waals surface area contributed by atoms with Gasteiger partial charge in [-0.1, -0.05) is 0 Å². The van der Waals surface area contributed by atoms with E-state index < -0.39 is 53.5 Å². The van der Waals surface area contributed by atoms with Crippen molar-refractivity contribution in [2.45, 2.75) is 64.0 Å². The molecule has 0 bridgehead atoms. The summed E-state index contributed by atoms with van der Waals surface area (Å²) in [5.41, 5.74) is -2.06. The highest BCUT2D eigenvalue weighted by Crippen LogP contribution is 2.31. The minimum absolute atomic E-state index is 0.0261. The monoisotopic (exact) mass is 412 g/mol. The number of carbonyl (C=O) groups is 3. The molecule has 3 rings (SSSR count). The molecule has 29 heavy (non-hydrogen) atoms. The second-order valence-corrected chi connectivity index (χ2v) is 7.03. The molecule has 0 radical (unpaired) electrons. The quantitative estimate of drug-likeness (QED) is 0.630. The van der Waals surface area contributed by atoms with Crippen LogP contribution in [0, 0.1) is 5.82 Å². The topological polar surface area (TPSA) is 123 Å². The summed E-state index contributed by atoms with van der Waals surface area (Å²) < 4.78 is 31.5. The number of hydrogen-bond acceptors (Lipinski definition) is 8. The molecule has 0 N–H and O–H groups in total. The number of rotatable bonds is 5. The minimum Gasteiger partial charge on any atom is -0.463 e. The molecule has 10 nitrogen and oxygen atoms in total. The van der Waals surface area contributed by atoms with Gasteiger partial charge < -0.3 is 14.2 Å². The SMILES string of the molecule is CC(=O)OC[C@H]1O[C@@H](n2cc(F)c(=O)n(C3CCCC3=O)c2=O)C[C@@H]1OC(C)=O. The summed E-state index contributed by atoms with van der Waals surface area (Å²) >= 11 is 0. The van der Waals surface area contributed by atoms with Gasteiger partial charge in [0.2, 0.25) is 5.82 Å². The summed E-state index contributed by atoms with van der Waals surface area (Å²) in [6, 6.07) is -1.01. The van der Waals surface area contributed by atoms with Gasteiger partial charge in [-0.3, -0.25) is 23.7 Å². The number of carbonyl (C=O) groups excluding carboxylic acids is 3. The van der Waals surface area contributed by atoms with Crippen LogP contribution in [0.25, 0.3) is 0 Å². The second-order valence-electron chi connectivity index (χ2n) is 7.03. The first-order valence-electron chi connectivity index (χ1n) is 9.21. The van der Waals surface area contributed by atoms with Crippen molar-refractivity contribution in [2.24, 2.45) is 0 Å². The van der Waals surface area contributed by atoms with Gasteiger partial charge in [-0.2, -0.15) is 4.39 Å². The zero-order valence-electron chi connectivity index (χ0n) is 16.0. The number of aromatic nitrogens is 2. The lowest BCUT2D eigenvalue weighted by molar-refractivity contribution is -0.155. The van der Waals surface area contributed by atoms with Crippen molar-refractivity contribution in [3.05, 3.63) is 32.9 Å². The highest BCUT2D eigenvalue weighted by molar-refractivity contribution is 5.84. The molecule has 1 aliphatic carbocycles. The van der Waals surface area contributed by atoms with E-state index in [4.69, 9.17) is 14.2 Å². The second kappa shape index (κ2) is 8.27. The van der Waals surface area contributed by atoms with Gasteiger partial charge in [-0.05, 0) is 12.8 Å². The maximum atomic E-state index is 14.3. The summed E-state index contributed by atoms with van der Waals surface area (Å²) in [6.45, 7) is 2.15. The van der Waals surface area contributed by atoms with Gasteiger partial charge in [0.25, 0.3) is 5.56 Å². The number of ether oxygens (including phenoxy) is 3. The maximum absolute atomic E-state index is 14.3.